The highest BCUT2D eigenvalue weighted by Gasteiger charge is 2.61. The van der Waals surface area contributed by atoms with Crippen molar-refractivity contribution < 1.29 is 74.7 Å². The quantitative estimate of drug-likeness (QED) is 0.141. The molecular weight excluding hydrogens is 468 g/mol. The SMILES string of the molecule is CC[C@@]1(OC[C@@]2(O[C@H]3OC(CO)[C@@H](O)[C@@H](O)C3O)O[C@H](CO)[C@H](O)C2O)O[C@H](CO)[C@H](O)C1O. The van der Waals surface area contributed by atoms with Crippen LogP contribution in [0.15, 0.2) is 0 Å². The molecule has 3 saturated heterocycles. The minimum atomic E-state index is -2.38. The molecule has 3 rings (SSSR count). The summed E-state index contributed by atoms with van der Waals surface area (Å²) in [5.74, 6) is -4.28. The molecule has 15 heteroatoms. The standard InChI is InChI=1S/C19H34O15/c1-2-18(15(28)11(24)8(4-21)32-18)30-6-19(16(29)12(25)9(5-22)33-19)34-17-14(27)13(26)10(23)7(3-20)31-17/h7-17,20-29H,2-6H2,1H3/t7?,8-,9-,10-,11+,12+,13-,14?,15?,16?,17-,18-,19+/m1/s1. The largest absolute Gasteiger partial charge is 0.394 e. The van der Waals surface area contributed by atoms with Gasteiger partial charge in [0.25, 0.3) is 0 Å². The number of hydrogen-bond donors (Lipinski definition) is 10. The normalized spacial score (nSPS) is 51.8. The molecule has 3 heterocycles. The van der Waals surface area contributed by atoms with Crippen LogP contribution in [0.25, 0.3) is 0 Å². The van der Waals surface area contributed by atoms with Crippen molar-refractivity contribution in [2.24, 2.45) is 0 Å². The minimum Gasteiger partial charge on any atom is -0.394 e. The van der Waals surface area contributed by atoms with Crippen LogP contribution in [0.1, 0.15) is 13.3 Å². The molecule has 0 radical (unpaired) electrons. The third-order valence-corrected chi connectivity index (χ3v) is 6.55. The molecule has 0 aromatic heterocycles. The first-order valence-electron chi connectivity index (χ1n) is 10.9. The molecule has 4 unspecified atom stereocenters. The Morgan fingerprint density at radius 1 is 0.647 bits per heavy atom. The molecule has 0 spiro atoms. The van der Waals surface area contributed by atoms with Crippen molar-refractivity contribution in [2.75, 3.05) is 26.4 Å². The van der Waals surface area contributed by atoms with Crippen LogP contribution >= 0.6 is 0 Å². The van der Waals surface area contributed by atoms with E-state index in [1.165, 1.54) is 6.92 Å². The van der Waals surface area contributed by atoms with Crippen molar-refractivity contribution in [3.63, 3.8) is 0 Å². The molecule has 3 aliphatic rings. The topological polar surface area (TPSA) is 248 Å². The fourth-order valence-electron chi connectivity index (χ4n) is 4.36. The lowest BCUT2D eigenvalue weighted by Gasteiger charge is -2.44. The van der Waals surface area contributed by atoms with Crippen molar-refractivity contribution in [3.8, 4) is 0 Å². The van der Waals surface area contributed by atoms with Gasteiger partial charge >= 0.3 is 0 Å². The van der Waals surface area contributed by atoms with Gasteiger partial charge in [0, 0.05) is 6.42 Å². The summed E-state index contributed by atoms with van der Waals surface area (Å²) < 4.78 is 27.6. The second kappa shape index (κ2) is 10.8. The third-order valence-electron chi connectivity index (χ3n) is 6.55. The lowest BCUT2D eigenvalue weighted by atomic mass is 9.99. The molecule has 0 amide bonds. The Morgan fingerprint density at radius 2 is 1.15 bits per heavy atom. The van der Waals surface area contributed by atoms with Gasteiger partial charge in [-0.15, -0.1) is 0 Å². The molecule has 13 atom stereocenters. The van der Waals surface area contributed by atoms with Gasteiger partial charge in [-0.05, 0) is 0 Å². The molecule has 0 aliphatic carbocycles. The average Bonchev–Trinajstić information content (AvgIpc) is 3.23. The van der Waals surface area contributed by atoms with Gasteiger partial charge in [0.2, 0.25) is 5.79 Å². The van der Waals surface area contributed by atoms with Gasteiger partial charge in [-0.3, -0.25) is 0 Å². The maximum Gasteiger partial charge on any atom is 0.224 e. The Bertz CT molecular complexity index is 668. The predicted octanol–water partition coefficient (Wildman–Crippen LogP) is -6.15. The van der Waals surface area contributed by atoms with Crippen LogP contribution in [-0.4, -0.2) is 156 Å². The molecule has 0 aromatic carbocycles. The zero-order valence-corrected chi connectivity index (χ0v) is 18.4. The molecule has 10 N–H and O–H groups in total. The first-order chi connectivity index (χ1) is 16.0. The van der Waals surface area contributed by atoms with Crippen LogP contribution in [0.3, 0.4) is 0 Å². The van der Waals surface area contributed by atoms with E-state index in [0.717, 1.165) is 0 Å². The van der Waals surface area contributed by atoms with E-state index in [2.05, 4.69) is 0 Å². The van der Waals surface area contributed by atoms with Crippen LogP contribution in [0, 0.1) is 0 Å². The van der Waals surface area contributed by atoms with Crippen LogP contribution < -0.4 is 0 Å². The Labute approximate surface area is 194 Å². The fourth-order valence-corrected chi connectivity index (χ4v) is 4.36. The van der Waals surface area contributed by atoms with Crippen molar-refractivity contribution in [3.05, 3.63) is 0 Å². The highest BCUT2D eigenvalue weighted by atomic mass is 16.8. The van der Waals surface area contributed by atoms with E-state index in [9.17, 15) is 51.1 Å². The van der Waals surface area contributed by atoms with E-state index in [1.54, 1.807) is 0 Å². The van der Waals surface area contributed by atoms with Gasteiger partial charge < -0.3 is 74.7 Å². The molecule has 0 aromatic rings. The maximum absolute atomic E-state index is 10.7. The summed E-state index contributed by atoms with van der Waals surface area (Å²) in [5, 5.41) is 100. The second-order valence-electron chi connectivity index (χ2n) is 8.63. The van der Waals surface area contributed by atoms with Gasteiger partial charge in [0.15, 0.2) is 12.1 Å². The van der Waals surface area contributed by atoms with Gasteiger partial charge in [0.1, 0.15) is 67.6 Å². The molecule has 15 nitrogen and oxygen atoms in total. The predicted molar refractivity (Wildman–Crippen MR) is 105 cm³/mol. The van der Waals surface area contributed by atoms with Gasteiger partial charge in [-0.25, -0.2) is 0 Å². The van der Waals surface area contributed by atoms with Crippen molar-refractivity contribution in [1.82, 2.24) is 0 Å². The minimum absolute atomic E-state index is 0.0556. The molecular formula is C19H34O15. The van der Waals surface area contributed by atoms with Crippen molar-refractivity contribution in [1.29, 1.82) is 0 Å². The van der Waals surface area contributed by atoms with Gasteiger partial charge in [0.05, 0.1) is 19.8 Å². The number of rotatable bonds is 9. The highest BCUT2D eigenvalue weighted by molar-refractivity contribution is 5.01. The first kappa shape index (κ1) is 28.0. The summed E-state index contributed by atoms with van der Waals surface area (Å²) in [6.45, 7) is -1.45. The summed E-state index contributed by atoms with van der Waals surface area (Å²) in [6, 6.07) is 0. The van der Waals surface area contributed by atoms with E-state index in [4.69, 9.17) is 23.7 Å². The highest BCUT2D eigenvalue weighted by Crippen LogP contribution is 2.40. The molecule has 3 fully saturated rings. The number of hydrogen-bond acceptors (Lipinski definition) is 15. The summed E-state index contributed by atoms with van der Waals surface area (Å²) in [4.78, 5) is 0. The van der Waals surface area contributed by atoms with Crippen LogP contribution in [-0.2, 0) is 23.7 Å². The van der Waals surface area contributed by atoms with E-state index in [0.29, 0.717) is 0 Å². The lowest BCUT2D eigenvalue weighted by Crippen LogP contribution is -2.63. The monoisotopic (exact) mass is 502 g/mol. The zero-order chi connectivity index (χ0) is 25.4. The summed E-state index contributed by atoms with van der Waals surface area (Å²) >= 11 is 0. The van der Waals surface area contributed by atoms with E-state index < -0.39 is 105 Å². The van der Waals surface area contributed by atoms with E-state index in [-0.39, 0.29) is 6.42 Å². The number of ether oxygens (including phenoxy) is 5. The summed E-state index contributed by atoms with van der Waals surface area (Å²) in [6.07, 6.45) is -18.0. The van der Waals surface area contributed by atoms with Crippen LogP contribution in [0.5, 0.6) is 0 Å². The second-order valence-corrected chi connectivity index (χ2v) is 8.63. The van der Waals surface area contributed by atoms with E-state index >= 15 is 0 Å². The Kier molecular flexibility index (Phi) is 8.88. The Morgan fingerprint density at radius 3 is 1.62 bits per heavy atom. The van der Waals surface area contributed by atoms with Crippen LogP contribution in [0.2, 0.25) is 0 Å². The number of aliphatic hydroxyl groups excluding tert-OH is 10. The molecule has 34 heavy (non-hydrogen) atoms. The number of aliphatic hydroxyl groups is 10. The third kappa shape index (κ3) is 4.72. The first-order valence-corrected chi connectivity index (χ1v) is 10.9. The molecule has 200 valence electrons. The molecule has 3 aliphatic heterocycles. The fraction of sp³-hybridized carbons (Fsp3) is 1.00. The maximum atomic E-state index is 10.7. The van der Waals surface area contributed by atoms with Crippen LogP contribution in [0.4, 0.5) is 0 Å². The van der Waals surface area contributed by atoms with Crippen molar-refractivity contribution >= 4 is 0 Å². The summed E-state index contributed by atoms with van der Waals surface area (Å²) in [7, 11) is 0. The molecule has 0 bridgehead atoms. The van der Waals surface area contributed by atoms with Gasteiger partial charge in [-0.2, -0.15) is 0 Å². The lowest BCUT2D eigenvalue weighted by molar-refractivity contribution is -0.398. The Balaban J connectivity index is 1.87. The zero-order valence-electron chi connectivity index (χ0n) is 18.4. The van der Waals surface area contributed by atoms with Crippen molar-refractivity contribution in [2.45, 2.75) is 92.2 Å². The van der Waals surface area contributed by atoms with Gasteiger partial charge in [-0.1, -0.05) is 6.92 Å². The van der Waals surface area contributed by atoms with E-state index in [1.807, 2.05) is 0 Å². The molecule has 0 saturated carbocycles. The average molecular weight is 502 g/mol. The smallest absolute Gasteiger partial charge is 0.224 e. The Hall–Kier alpha value is -0.600. The summed E-state index contributed by atoms with van der Waals surface area (Å²) in [5.41, 5.74) is 0.